The van der Waals surface area contributed by atoms with Gasteiger partial charge < -0.3 is 5.11 Å². The van der Waals surface area contributed by atoms with Crippen molar-refractivity contribution in [2.24, 2.45) is 4.99 Å². The Bertz CT molecular complexity index is 1020. The molecule has 12 heteroatoms. The zero-order chi connectivity index (χ0) is 23.0. The SMILES string of the molecule is CC1N=C(c2cc(C(F)(F)F)cc(C(F)(F)F)c2)NN1/C=C(/C(=O)O)c1ccncc1. The fourth-order valence-corrected chi connectivity index (χ4v) is 2.79. The number of pyridine rings is 1. The highest BCUT2D eigenvalue weighted by Crippen LogP contribution is 2.36. The number of aliphatic imine (C=N–C) groups is 1. The van der Waals surface area contributed by atoms with Crippen LogP contribution < -0.4 is 5.43 Å². The molecule has 0 fully saturated rings. The lowest BCUT2D eigenvalue weighted by Gasteiger charge is -2.20. The molecule has 31 heavy (non-hydrogen) atoms. The Hall–Kier alpha value is -3.57. The lowest BCUT2D eigenvalue weighted by Crippen LogP contribution is -2.36. The molecule has 0 radical (unpaired) electrons. The van der Waals surface area contributed by atoms with Gasteiger partial charge in [-0.1, -0.05) is 0 Å². The van der Waals surface area contributed by atoms with Gasteiger partial charge in [0.2, 0.25) is 0 Å². The monoisotopic (exact) mass is 444 g/mol. The first-order valence-electron chi connectivity index (χ1n) is 8.64. The molecule has 2 aromatic rings. The maximum atomic E-state index is 13.1. The smallest absolute Gasteiger partial charge is 0.416 e. The van der Waals surface area contributed by atoms with E-state index >= 15 is 0 Å². The van der Waals surface area contributed by atoms with E-state index in [4.69, 9.17) is 0 Å². The topological polar surface area (TPSA) is 77.8 Å². The summed E-state index contributed by atoms with van der Waals surface area (Å²) < 4.78 is 78.6. The molecule has 0 aliphatic carbocycles. The van der Waals surface area contributed by atoms with E-state index < -0.39 is 41.2 Å². The van der Waals surface area contributed by atoms with Crippen molar-refractivity contribution in [2.75, 3.05) is 0 Å². The summed E-state index contributed by atoms with van der Waals surface area (Å²) in [5, 5.41) is 10.7. The van der Waals surface area contributed by atoms with Crippen LogP contribution in [0.2, 0.25) is 0 Å². The van der Waals surface area contributed by atoms with Crippen molar-refractivity contribution in [2.45, 2.75) is 25.4 Å². The number of hydrazine groups is 1. The number of halogens is 6. The Morgan fingerprint density at radius 1 is 1.06 bits per heavy atom. The zero-order valence-electron chi connectivity index (χ0n) is 15.7. The van der Waals surface area contributed by atoms with Gasteiger partial charge in [-0.05, 0) is 42.8 Å². The molecule has 0 bridgehead atoms. The molecule has 164 valence electrons. The third kappa shape index (κ3) is 4.95. The van der Waals surface area contributed by atoms with Crippen LogP contribution in [0.4, 0.5) is 26.3 Å². The van der Waals surface area contributed by atoms with E-state index in [2.05, 4.69) is 15.4 Å². The first kappa shape index (κ1) is 22.1. The molecular formula is C19H14F6N4O2. The van der Waals surface area contributed by atoms with E-state index in [9.17, 15) is 36.2 Å². The van der Waals surface area contributed by atoms with Gasteiger partial charge in [0.05, 0.1) is 16.7 Å². The molecule has 1 aliphatic heterocycles. The second kappa shape index (κ2) is 7.93. The standard InChI is InChI=1S/C19H14F6N4O2/c1-10-27-16(12-6-13(18(20,21)22)8-14(7-12)19(23,24)25)28-29(10)9-15(17(30)31)11-2-4-26-5-3-11/h2-10H,1H3,(H,27,28)(H,30,31)/b15-9+. The van der Waals surface area contributed by atoms with Gasteiger partial charge in [0.15, 0.2) is 0 Å². The molecule has 1 aromatic heterocycles. The van der Waals surface area contributed by atoms with Gasteiger partial charge >= 0.3 is 18.3 Å². The van der Waals surface area contributed by atoms with Crippen LogP contribution in [0.5, 0.6) is 0 Å². The Morgan fingerprint density at radius 3 is 2.10 bits per heavy atom. The molecule has 0 spiro atoms. The third-order valence-electron chi connectivity index (χ3n) is 4.30. The van der Waals surface area contributed by atoms with Gasteiger partial charge in [-0.3, -0.25) is 15.4 Å². The Morgan fingerprint density at radius 2 is 1.61 bits per heavy atom. The number of carboxylic acid groups (broad SMARTS) is 1. The molecule has 0 amide bonds. The fraction of sp³-hybridized carbons (Fsp3) is 0.211. The minimum absolute atomic E-state index is 0.0199. The van der Waals surface area contributed by atoms with Crippen LogP contribution in [0.3, 0.4) is 0 Å². The predicted molar refractivity (Wildman–Crippen MR) is 97.3 cm³/mol. The summed E-state index contributed by atoms with van der Waals surface area (Å²) in [6, 6.07) is 3.98. The van der Waals surface area contributed by atoms with Gasteiger partial charge in [-0.15, -0.1) is 0 Å². The Kier molecular flexibility index (Phi) is 5.66. The van der Waals surface area contributed by atoms with Crippen LogP contribution in [0.1, 0.15) is 29.2 Å². The second-order valence-corrected chi connectivity index (χ2v) is 6.51. The molecule has 2 heterocycles. The summed E-state index contributed by atoms with van der Waals surface area (Å²) in [4.78, 5) is 19.5. The highest BCUT2D eigenvalue weighted by Gasteiger charge is 2.38. The van der Waals surface area contributed by atoms with Gasteiger partial charge in [-0.25, -0.2) is 9.79 Å². The molecule has 1 atom stereocenters. The Labute approximate surface area is 171 Å². The number of aliphatic carboxylic acids is 1. The maximum absolute atomic E-state index is 13.1. The van der Waals surface area contributed by atoms with E-state index in [1.807, 2.05) is 0 Å². The van der Waals surface area contributed by atoms with E-state index in [-0.39, 0.29) is 17.5 Å². The largest absolute Gasteiger partial charge is 0.478 e. The number of nitrogens with zero attached hydrogens (tertiary/aromatic N) is 3. The molecule has 3 rings (SSSR count). The Balaban J connectivity index is 1.98. The molecule has 1 aliphatic rings. The fourth-order valence-electron chi connectivity index (χ4n) is 2.79. The van der Waals surface area contributed by atoms with Gasteiger partial charge in [0.1, 0.15) is 12.0 Å². The number of aromatic nitrogens is 1. The van der Waals surface area contributed by atoms with Crippen molar-refractivity contribution in [1.82, 2.24) is 15.4 Å². The summed E-state index contributed by atoms with van der Waals surface area (Å²) in [6.45, 7) is 1.49. The number of carbonyl (C=O) groups is 1. The lowest BCUT2D eigenvalue weighted by atomic mass is 10.0. The summed E-state index contributed by atoms with van der Waals surface area (Å²) >= 11 is 0. The maximum Gasteiger partial charge on any atom is 0.416 e. The molecule has 2 N–H and O–H groups in total. The van der Waals surface area contributed by atoms with Crippen molar-refractivity contribution in [3.05, 3.63) is 71.2 Å². The van der Waals surface area contributed by atoms with Gasteiger partial charge in [0.25, 0.3) is 0 Å². The number of alkyl halides is 6. The lowest BCUT2D eigenvalue weighted by molar-refractivity contribution is -0.143. The highest BCUT2D eigenvalue weighted by atomic mass is 19.4. The average Bonchev–Trinajstić information content (AvgIpc) is 3.05. The van der Waals surface area contributed by atoms with Crippen LogP contribution >= 0.6 is 0 Å². The van der Waals surface area contributed by atoms with Gasteiger partial charge in [0, 0.05) is 24.2 Å². The number of hydrogen-bond acceptors (Lipinski definition) is 5. The molecule has 1 unspecified atom stereocenters. The van der Waals surface area contributed by atoms with E-state index in [0.29, 0.717) is 17.7 Å². The summed E-state index contributed by atoms with van der Waals surface area (Å²) in [7, 11) is 0. The third-order valence-corrected chi connectivity index (χ3v) is 4.30. The minimum Gasteiger partial charge on any atom is -0.478 e. The van der Waals surface area contributed by atoms with E-state index in [1.54, 1.807) is 0 Å². The van der Waals surface area contributed by atoms with Crippen molar-refractivity contribution in [1.29, 1.82) is 0 Å². The number of nitrogens with one attached hydrogen (secondary N) is 1. The highest BCUT2D eigenvalue weighted by molar-refractivity contribution is 6.15. The summed E-state index contributed by atoms with van der Waals surface area (Å²) in [5.74, 6) is -1.56. The van der Waals surface area contributed by atoms with Gasteiger partial charge in [-0.2, -0.15) is 26.3 Å². The van der Waals surface area contributed by atoms with Crippen molar-refractivity contribution in [3.63, 3.8) is 0 Å². The quantitative estimate of drug-likeness (QED) is 0.547. The normalized spacial score (nSPS) is 17.4. The number of amidine groups is 1. The predicted octanol–water partition coefficient (Wildman–Crippen LogP) is 4.16. The van der Waals surface area contributed by atoms with Crippen LogP contribution in [-0.2, 0) is 17.1 Å². The van der Waals surface area contributed by atoms with Crippen molar-refractivity contribution < 1.29 is 36.2 Å². The number of benzene rings is 1. The molecule has 1 aromatic carbocycles. The number of carboxylic acids is 1. The van der Waals surface area contributed by atoms with Crippen molar-refractivity contribution >= 4 is 17.4 Å². The van der Waals surface area contributed by atoms with Crippen LogP contribution in [-0.4, -0.2) is 33.1 Å². The molecule has 0 saturated carbocycles. The summed E-state index contributed by atoms with van der Waals surface area (Å²) in [6.07, 6.45) is -6.92. The second-order valence-electron chi connectivity index (χ2n) is 6.51. The van der Waals surface area contributed by atoms with Crippen LogP contribution in [0, 0.1) is 0 Å². The minimum atomic E-state index is -5.00. The summed E-state index contributed by atoms with van der Waals surface area (Å²) in [5.41, 5.74) is -0.724. The molecular weight excluding hydrogens is 430 g/mol. The van der Waals surface area contributed by atoms with Crippen LogP contribution in [0.25, 0.3) is 5.57 Å². The number of rotatable bonds is 4. The van der Waals surface area contributed by atoms with Crippen LogP contribution in [0.15, 0.2) is 53.9 Å². The van der Waals surface area contributed by atoms with E-state index in [0.717, 1.165) is 6.20 Å². The first-order chi connectivity index (χ1) is 14.4. The molecule has 0 saturated heterocycles. The average molecular weight is 444 g/mol. The zero-order valence-corrected chi connectivity index (χ0v) is 15.7. The first-order valence-corrected chi connectivity index (χ1v) is 8.64. The molecule has 6 nitrogen and oxygen atoms in total. The van der Waals surface area contributed by atoms with Crippen molar-refractivity contribution in [3.8, 4) is 0 Å². The number of hydrogen-bond donors (Lipinski definition) is 2. The van der Waals surface area contributed by atoms with E-state index in [1.165, 1.54) is 36.5 Å².